The lowest BCUT2D eigenvalue weighted by Crippen LogP contribution is -2.37. The summed E-state index contributed by atoms with van der Waals surface area (Å²) in [5.41, 5.74) is 7.10. The highest BCUT2D eigenvalue weighted by Gasteiger charge is 2.45. The summed E-state index contributed by atoms with van der Waals surface area (Å²) >= 11 is 0. The van der Waals surface area contributed by atoms with Gasteiger partial charge in [-0.3, -0.25) is 18.5 Å². The van der Waals surface area contributed by atoms with Gasteiger partial charge in [-0.2, -0.15) is 23.1 Å². The largest absolute Gasteiger partial charge is 0.507 e. The molecule has 18 nitrogen and oxygen atoms in total. The molecule has 6 N–H and O–H groups in total. The summed E-state index contributed by atoms with van der Waals surface area (Å²) in [4.78, 5) is 29.3. The van der Waals surface area contributed by atoms with Crippen molar-refractivity contribution in [1.29, 1.82) is 0 Å². The first-order valence-electron chi connectivity index (χ1n) is 12.5. The Morgan fingerprint density at radius 1 is 1.07 bits per heavy atom. The van der Waals surface area contributed by atoms with Crippen molar-refractivity contribution in [2.45, 2.75) is 24.5 Å². The fourth-order valence-corrected chi connectivity index (χ4v) is 5.03. The van der Waals surface area contributed by atoms with Gasteiger partial charge in [-0.05, 0) is 24.3 Å². The van der Waals surface area contributed by atoms with E-state index >= 15 is 0 Å². The number of aliphatic hydroxyl groups excluding tert-OH is 2. The smallest absolute Gasteiger partial charge is 0.362 e. The molecule has 1 amide bonds. The number of rotatable bonds is 8. The third-order valence-electron chi connectivity index (χ3n) is 6.43. The van der Waals surface area contributed by atoms with Crippen molar-refractivity contribution in [3.63, 3.8) is 0 Å². The number of fused-ring (bicyclic) bond motifs is 1. The van der Waals surface area contributed by atoms with Crippen molar-refractivity contribution in [2.24, 2.45) is 0 Å². The van der Waals surface area contributed by atoms with Crippen LogP contribution in [0.5, 0.6) is 5.75 Å². The van der Waals surface area contributed by atoms with Crippen molar-refractivity contribution >= 4 is 33.2 Å². The first-order valence-corrected chi connectivity index (χ1v) is 13.9. The van der Waals surface area contributed by atoms with E-state index in [9.17, 15) is 28.5 Å². The number of amides is 1. The van der Waals surface area contributed by atoms with E-state index in [1.165, 1.54) is 39.8 Å². The van der Waals surface area contributed by atoms with Gasteiger partial charge in [-0.1, -0.05) is 23.4 Å². The SMILES string of the molecule is Nc1nc(-n2cc(-c3ccccn3)nn2)nc2c1ncn2[C@H]1O[C@@H](COS(=O)(=O)NC(=O)c2ccccc2O)[C@H](O)[C@@H]1O. The minimum atomic E-state index is -4.70. The number of carbonyl (C=O) groups is 1. The third-order valence-corrected chi connectivity index (χ3v) is 7.31. The Morgan fingerprint density at radius 3 is 2.63 bits per heavy atom. The summed E-state index contributed by atoms with van der Waals surface area (Å²) in [6.45, 7) is -0.775. The van der Waals surface area contributed by atoms with Crippen LogP contribution in [0.2, 0.25) is 0 Å². The number of nitrogen functional groups attached to an aromatic ring is 1. The molecule has 0 spiro atoms. The van der Waals surface area contributed by atoms with Gasteiger partial charge in [-0.25, -0.2) is 9.71 Å². The average molecular weight is 611 g/mol. The number of ether oxygens (including phenoxy) is 1. The average Bonchev–Trinajstić information content (AvgIpc) is 3.71. The molecule has 1 saturated heterocycles. The molecule has 1 fully saturated rings. The molecule has 1 aliphatic rings. The molecule has 0 aliphatic carbocycles. The number of benzene rings is 1. The minimum absolute atomic E-state index is 0.0145. The molecule has 5 heterocycles. The van der Waals surface area contributed by atoms with Crippen LogP contribution in [0.1, 0.15) is 16.6 Å². The Balaban J connectivity index is 1.20. The van der Waals surface area contributed by atoms with Crippen LogP contribution < -0.4 is 10.5 Å². The van der Waals surface area contributed by atoms with Crippen molar-refractivity contribution in [1.82, 2.24) is 44.2 Å². The van der Waals surface area contributed by atoms with Gasteiger partial charge in [-0.15, -0.1) is 5.10 Å². The molecular formula is C24H22N10O8S. The molecule has 0 radical (unpaired) electrons. The van der Waals surface area contributed by atoms with Crippen molar-refractivity contribution < 1.29 is 37.5 Å². The zero-order valence-corrected chi connectivity index (χ0v) is 22.6. The Kier molecular flexibility index (Phi) is 7.15. The number of nitrogens with two attached hydrogens (primary N) is 1. The Morgan fingerprint density at radius 2 is 1.86 bits per heavy atom. The number of aliphatic hydroxyl groups is 2. The number of anilines is 1. The van der Waals surface area contributed by atoms with Crippen molar-refractivity contribution in [3.05, 3.63) is 66.7 Å². The van der Waals surface area contributed by atoms with Gasteiger partial charge >= 0.3 is 10.3 Å². The molecule has 0 bridgehead atoms. The summed E-state index contributed by atoms with van der Waals surface area (Å²) in [6, 6.07) is 10.6. The molecule has 5 aromatic rings. The molecule has 43 heavy (non-hydrogen) atoms. The standard InChI is InChI=1S/C24H22N10O8S/c25-20-17-21(29-24(28-20)34-9-14(30-32-34)13-6-3-4-8-26-13)33(11-27-17)23-19(37)18(36)16(42-23)10-41-43(39,40)31-22(38)12-5-1-2-7-15(12)35/h1-9,11,16,18-19,23,35-37H,10H2,(H,31,38)(H2,25,28,29)/t16-,18-,19-,23-/m0/s1. The summed E-state index contributed by atoms with van der Waals surface area (Å²) in [6.07, 6.45) is -1.44. The molecule has 222 valence electrons. The van der Waals surface area contributed by atoms with Crippen LogP contribution in [0.4, 0.5) is 5.82 Å². The molecular weight excluding hydrogens is 588 g/mol. The van der Waals surface area contributed by atoms with Gasteiger partial charge in [0, 0.05) is 6.20 Å². The normalized spacial score (nSPS) is 20.4. The molecule has 4 aromatic heterocycles. The van der Waals surface area contributed by atoms with E-state index in [0.29, 0.717) is 11.4 Å². The Hall–Kier alpha value is -5.08. The van der Waals surface area contributed by atoms with Crippen LogP contribution in [0.15, 0.2) is 61.2 Å². The van der Waals surface area contributed by atoms with Gasteiger partial charge in [0.15, 0.2) is 17.7 Å². The second-order valence-electron chi connectivity index (χ2n) is 9.23. The maximum atomic E-state index is 12.4. The fraction of sp³-hybridized carbons (Fsp3) is 0.208. The van der Waals surface area contributed by atoms with E-state index < -0.39 is 53.1 Å². The van der Waals surface area contributed by atoms with E-state index in [0.717, 1.165) is 0 Å². The van der Waals surface area contributed by atoms with Crippen LogP contribution in [0.3, 0.4) is 0 Å². The molecule has 4 atom stereocenters. The number of pyridine rings is 1. The van der Waals surface area contributed by atoms with E-state index in [4.69, 9.17) is 14.7 Å². The number of hydrogen-bond donors (Lipinski definition) is 5. The number of carbonyl (C=O) groups excluding carboxylic acids is 1. The molecule has 1 aliphatic heterocycles. The number of imidazole rings is 1. The summed E-state index contributed by atoms with van der Waals surface area (Å²) in [5, 5.41) is 39.2. The molecule has 0 unspecified atom stereocenters. The highest BCUT2D eigenvalue weighted by Crippen LogP contribution is 2.33. The van der Waals surface area contributed by atoms with Crippen molar-refractivity contribution in [2.75, 3.05) is 12.3 Å². The summed E-state index contributed by atoms with van der Waals surface area (Å²) in [5.74, 6) is -1.58. The second-order valence-corrected chi connectivity index (χ2v) is 10.6. The number of phenols is 1. The third kappa shape index (κ3) is 5.45. The second kappa shape index (κ2) is 11.0. The predicted molar refractivity (Wildman–Crippen MR) is 144 cm³/mol. The van der Waals surface area contributed by atoms with E-state index in [2.05, 4.69) is 30.2 Å². The monoisotopic (exact) mass is 610 g/mol. The number of para-hydroxylation sites is 1. The van der Waals surface area contributed by atoms with Gasteiger partial charge in [0.05, 0.1) is 30.4 Å². The lowest BCUT2D eigenvalue weighted by molar-refractivity contribution is -0.0468. The van der Waals surface area contributed by atoms with Crippen LogP contribution >= 0.6 is 0 Å². The van der Waals surface area contributed by atoms with Crippen molar-refractivity contribution in [3.8, 4) is 23.1 Å². The zero-order valence-electron chi connectivity index (χ0n) is 21.7. The first-order chi connectivity index (χ1) is 20.6. The number of aromatic nitrogens is 8. The fourth-order valence-electron chi connectivity index (χ4n) is 4.33. The van der Waals surface area contributed by atoms with Crippen LogP contribution in [-0.4, -0.2) is 94.1 Å². The number of nitrogens with zero attached hydrogens (tertiary/aromatic N) is 8. The topological polar surface area (TPSA) is 256 Å². The van der Waals surface area contributed by atoms with Gasteiger partial charge in [0.25, 0.3) is 11.9 Å². The van der Waals surface area contributed by atoms with Crippen LogP contribution in [0, 0.1) is 0 Å². The molecule has 6 rings (SSSR count). The predicted octanol–water partition coefficient (Wildman–Crippen LogP) is -0.933. The first kappa shape index (κ1) is 28.1. The quantitative estimate of drug-likeness (QED) is 0.142. The maximum Gasteiger partial charge on any atom is 0.362 e. The molecule has 0 saturated carbocycles. The van der Waals surface area contributed by atoms with E-state index in [-0.39, 0.29) is 28.5 Å². The lowest BCUT2D eigenvalue weighted by Gasteiger charge is -2.16. The maximum absolute atomic E-state index is 12.4. The Bertz CT molecular complexity index is 1920. The minimum Gasteiger partial charge on any atom is -0.507 e. The van der Waals surface area contributed by atoms with Gasteiger partial charge in [0.2, 0.25) is 0 Å². The molecule has 19 heteroatoms. The van der Waals surface area contributed by atoms with Gasteiger partial charge < -0.3 is 25.8 Å². The molecule has 1 aromatic carbocycles. The number of aromatic hydroxyl groups is 1. The number of hydrogen-bond acceptors (Lipinski definition) is 15. The Labute approximate surface area is 241 Å². The zero-order chi connectivity index (χ0) is 30.3. The van der Waals surface area contributed by atoms with Gasteiger partial charge in [0.1, 0.15) is 35.3 Å². The van der Waals surface area contributed by atoms with Crippen LogP contribution in [-0.2, 0) is 19.2 Å². The van der Waals surface area contributed by atoms with E-state index in [1.807, 2.05) is 0 Å². The summed E-state index contributed by atoms with van der Waals surface area (Å²) in [7, 11) is -4.70. The number of nitrogens with one attached hydrogen (secondary N) is 1. The summed E-state index contributed by atoms with van der Waals surface area (Å²) < 4.78 is 39.5. The van der Waals surface area contributed by atoms with E-state index in [1.54, 1.807) is 35.3 Å². The lowest BCUT2D eigenvalue weighted by atomic mass is 10.1. The number of phenolic OH excluding ortho intramolecular Hbond substituents is 1. The highest BCUT2D eigenvalue weighted by atomic mass is 32.2. The highest BCUT2D eigenvalue weighted by molar-refractivity contribution is 7.85. The van der Waals surface area contributed by atoms with Crippen LogP contribution in [0.25, 0.3) is 28.5 Å².